The first-order valence-electron chi connectivity index (χ1n) is 6.96. The third-order valence-electron chi connectivity index (χ3n) is 2.84. The SMILES string of the molecule is N#Cc1ncn(CC(=O)NCCCOCc2ccccc2)n1. The number of benzene rings is 1. The van der Waals surface area contributed by atoms with E-state index in [1.165, 1.54) is 11.0 Å². The van der Waals surface area contributed by atoms with E-state index >= 15 is 0 Å². The van der Waals surface area contributed by atoms with Crippen LogP contribution in [0.15, 0.2) is 36.7 Å². The lowest BCUT2D eigenvalue weighted by molar-refractivity contribution is -0.121. The van der Waals surface area contributed by atoms with Gasteiger partial charge < -0.3 is 10.1 Å². The summed E-state index contributed by atoms with van der Waals surface area (Å²) in [6.45, 7) is 1.74. The lowest BCUT2D eigenvalue weighted by Gasteiger charge is -2.06. The van der Waals surface area contributed by atoms with E-state index in [4.69, 9.17) is 10.00 Å². The molecule has 0 aliphatic heterocycles. The van der Waals surface area contributed by atoms with Crippen molar-refractivity contribution in [2.24, 2.45) is 0 Å². The zero-order valence-electron chi connectivity index (χ0n) is 12.1. The lowest BCUT2D eigenvalue weighted by Crippen LogP contribution is -2.29. The Morgan fingerprint density at radius 1 is 1.36 bits per heavy atom. The van der Waals surface area contributed by atoms with Gasteiger partial charge in [0.2, 0.25) is 5.91 Å². The van der Waals surface area contributed by atoms with E-state index in [-0.39, 0.29) is 18.3 Å². The van der Waals surface area contributed by atoms with E-state index < -0.39 is 0 Å². The number of nitrogens with zero attached hydrogens (tertiary/aromatic N) is 4. The number of aromatic nitrogens is 3. The molecule has 1 heterocycles. The van der Waals surface area contributed by atoms with E-state index in [2.05, 4.69) is 15.4 Å². The Labute approximate surface area is 128 Å². The van der Waals surface area contributed by atoms with Gasteiger partial charge in [0.05, 0.1) is 6.61 Å². The predicted molar refractivity (Wildman–Crippen MR) is 78.5 cm³/mol. The molecule has 1 aromatic carbocycles. The Bertz CT molecular complexity index is 633. The molecule has 1 aromatic heterocycles. The van der Waals surface area contributed by atoms with E-state index in [1.807, 2.05) is 36.4 Å². The van der Waals surface area contributed by atoms with Crippen molar-refractivity contribution in [3.05, 3.63) is 48.0 Å². The van der Waals surface area contributed by atoms with Gasteiger partial charge in [0.1, 0.15) is 18.9 Å². The summed E-state index contributed by atoms with van der Waals surface area (Å²) >= 11 is 0. The second-order valence-corrected chi connectivity index (χ2v) is 4.62. The van der Waals surface area contributed by atoms with Crippen molar-refractivity contribution in [1.29, 1.82) is 5.26 Å². The molecule has 0 atom stereocenters. The largest absolute Gasteiger partial charge is 0.377 e. The van der Waals surface area contributed by atoms with Crippen LogP contribution in [0.3, 0.4) is 0 Å². The molecular formula is C15H17N5O2. The van der Waals surface area contributed by atoms with Crippen molar-refractivity contribution >= 4 is 5.91 Å². The first kappa shape index (κ1) is 15.7. The topological polar surface area (TPSA) is 92.8 Å². The van der Waals surface area contributed by atoms with Gasteiger partial charge in [-0.3, -0.25) is 4.79 Å². The molecule has 0 saturated heterocycles. The second-order valence-electron chi connectivity index (χ2n) is 4.62. The van der Waals surface area contributed by atoms with Crippen molar-refractivity contribution in [3.63, 3.8) is 0 Å². The normalized spacial score (nSPS) is 10.1. The predicted octanol–water partition coefficient (Wildman–Crippen LogP) is 0.873. The van der Waals surface area contributed by atoms with Gasteiger partial charge in [-0.15, -0.1) is 5.10 Å². The summed E-state index contributed by atoms with van der Waals surface area (Å²) in [4.78, 5) is 15.4. The van der Waals surface area contributed by atoms with Crippen LogP contribution in [0.5, 0.6) is 0 Å². The van der Waals surface area contributed by atoms with Crippen molar-refractivity contribution in [2.75, 3.05) is 13.2 Å². The standard InChI is InChI=1S/C15H17N5O2/c16-9-14-18-12-20(19-14)10-15(21)17-7-4-8-22-11-13-5-2-1-3-6-13/h1-3,5-6,12H,4,7-8,10-11H2,(H,17,21). The number of carbonyl (C=O) groups is 1. The minimum atomic E-state index is -0.169. The van der Waals surface area contributed by atoms with Crippen LogP contribution in [0.25, 0.3) is 0 Å². The van der Waals surface area contributed by atoms with Crippen molar-refractivity contribution < 1.29 is 9.53 Å². The minimum absolute atomic E-state index is 0.0551. The Kier molecular flexibility index (Phi) is 6.08. The van der Waals surface area contributed by atoms with Gasteiger partial charge in [-0.1, -0.05) is 30.3 Å². The highest BCUT2D eigenvalue weighted by Gasteiger charge is 2.04. The van der Waals surface area contributed by atoms with Crippen molar-refractivity contribution in [2.45, 2.75) is 19.6 Å². The fraction of sp³-hybridized carbons (Fsp3) is 0.333. The molecule has 0 spiro atoms. The first-order valence-corrected chi connectivity index (χ1v) is 6.96. The fourth-order valence-corrected chi connectivity index (χ4v) is 1.79. The molecular weight excluding hydrogens is 282 g/mol. The summed E-state index contributed by atoms with van der Waals surface area (Å²) < 4.78 is 6.86. The van der Waals surface area contributed by atoms with Gasteiger partial charge in [-0.05, 0) is 12.0 Å². The average molecular weight is 299 g/mol. The highest BCUT2D eigenvalue weighted by Crippen LogP contribution is 2.00. The Hall–Kier alpha value is -2.72. The number of nitrogens with one attached hydrogen (secondary N) is 1. The summed E-state index contributed by atoms with van der Waals surface area (Å²) in [5.74, 6) is -0.112. The molecule has 0 fully saturated rings. The van der Waals surface area contributed by atoms with Crippen LogP contribution in [-0.2, 0) is 22.7 Å². The molecule has 7 heteroatoms. The van der Waals surface area contributed by atoms with E-state index in [0.29, 0.717) is 19.8 Å². The Morgan fingerprint density at radius 2 is 2.18 bits per heavy atom. The zero-order valence-corrected chi connectivity index (χ0v) is 12.1. The first-order chi connectivity index (χ1) is 10.8. The molecule has 0 radical (unpaired) electrons. The van der Waals surface area contributed by atoms with Gasteiger partial charge in [0, 0.05) is 13.2 Å². The molecule has 2 aromatic rings. The van der Waals surface area contributed by atoms with Crippen LogP contribution in [0.4, 0.5) is 0 Å². The number of hydrogen-bond donors (Lipinski definition) is 1. The van der Waals surface area contributed by atoms with Gasteiger partial charge in [0.25, 0.3) is 5.82 Å². The smallest absolute Gasteiger partial charge is 0.252 e. The van der Waals surface area contributed by atoms with Crippen molar-refractivity contribution in [3.8, 4) is 6.07 Å². The zero-order chi connectivity index (χ0) is 15.6. The summed E-state index contributed by atoms with van der Waals surface area (Å²) in [5, 5.41) is 15.2. The van der Waals surface area contributed by atoms with Crippen LogP contribution in [-0.4, -0.2) is 33.8 Å². The fourth-order valence-electron chi connectivity index (χ4n) is 1.79. The monoisotopic (exact) mass is 299 g/mol. The molecule has 0 bridgehead atoms. The highest BCUT2D eigenvalue weighted by molar-refractivity contribution is 5.75. The maximum Gasteiger partial charge on any atom is 0.252 e. The molecule has 1 amide bonds. The summed E-state index contributed by atoms with van der Waals surface area (Å²) in [6.07, 6.45) is 2.10. The summed E-state index contributed by atoms with van der Waals surface area (Å²) in [6, 6.07) is 11.7. The Balaban J connectivity index is 1.55. The molecule has 22 heavy (non-hydrogen) atoms. The van der Waals surface area contributed by atoms with Gasteiger partial charge in [-0.2, -0.15) is 5.26 Å². The minimum Gasteiger partial charge on any atom is -0.377 e. The molecule has 0 aliphatic carbocycles. The van der Waals surface area contributed by atoms with Gasteiger partial charge >= 0.3 is 0 Å². The third kappa shape index (κ3) is 5.34. The Morgan fingerprint density at radius 3 is 2.91 bits per heavy atom. The quantitative estimate of drug-likeness (QED) is 0.730. The number of carbonyl (C=O) groups excluding carboxylic acids is 1. The molecule has 0 saturated carbocycles. The highest BCUT2D eigenvalue weighted by atomic mass is 16.5. The third-order valence-corrected chi connectivity index (χ3v) is 2.84. The van der Waals surface area contributed by atoms with Crippen molar-refractivity contribution in [1.82, 2.24) is 20.1 Å². The summed E-state index contributed by atoms with van der Waals surface area (Å²) in [5.41, 5.74) is 1.13. The van der Waals surface area contributed by atoms with Crippen LogP contribution in [0.2, 0.25) is 0 Å². The maximum absolute atomic E-state index is 11.6. The van der Waals surface area contributed by atoms with Crippen LogP contribution in [0, 0.1) is 11.3 Å². The van der Waals surface area contributed by atoms with E-state index in [1.54, 1.807) is 0 Å². The molecule has 0 unspecified atom stereocenters. The van der Waals surface area contributed by atoms with Crippen LogP contribution in [0.1, 0.15) is 17.8 Å². The van der Waals surface area contributed by atoms with Gasteiger partial charge in [0.15, 0.2) is 0 Å². The molecule has 114 valence electrons. The second kappa shape index (κ2) is 8.54. The number of hydrogen-bond acceptors (Lipinski definition) is 5. The van der Waals surface area contributed by atoms with Gasteiger partial charge in [-0.25, -0.2) is 9.67 Å². The number of ether oxygens (including phenoxy) is 1. The molecule has 0 aliphatic rings. The average Bonchev–Trinajstić information content (AvgIpc) is 2.99. The summed E-state index contributed by atoms with van der Waals surface area (Å²) in [7, 11) is 0. The van der Waals surface area contributed by atoms with E-state index in [0.717, 1.165) is 12.0 Å². The maximum atomic E-state index is 11.6. The molecule has 1 N–H and O–H groups in total. The number of rotatable bonds is 8. The number of nitriles is 1. The van der Waals surface area contributed by atoms with Crippen LogP contribution >= 0.6 is 0 Å². The molecule has 7 nitrogen and oxygen atoms in total. The molecule has 2 rings (SSSR count). The lowest BCUT2D eigenvalue weighted by atomic mass is 10.2. The van der Waals surface area contributed by atoms with Crippen LogP contribution < -0.4 is 5.32 Å². The van der Waals surface area contributed by atoms with E-state index in [9.17, 15) is 4.79 Å². The number of amides is 1.